The van der Waals surface area contributed by atoms with Crippen molar-refractivity contribution >= 4 is 17.2 Å². The van der Waals surface area contributed by atoms with E-state index in [1.165, 1.54) is 12.1 Å². The standard InChI is InChI=1S/C10H8FNO/c1-12-9(6-13)5-7-4-8(11)2-3-10(7)12/h2-6H,1H3. The lowest BCUT2D eigenvalue weighted by Crippen LogP contribution is -1.92. The molecule has 2 rings (SSSR count). The van der Waals surface area contributed by atoms with E-state index in [1.807, 2.05) is 0 Å². The number of hydrogen-bond donors (Lipinski definition) is 0. The first-order valence-corrected chi connectivity index (χ1v) is 3.92. The Balaban J connectivity index is 2.83. The third kappa shape index (κ3) is 1.13. The maximum Gasteiger partial charge on any atom is 0.166 e. The summed E-state index contributed by atoms with van der Waals surface area (Å²) in [6.45, 7) is 0. The fraction of sp³-hybridized carbons (Fsp3) is 0.100. The van der Waals surface area contributed by atoms with Gasteiger partial charge in [-0.25, -0.2) is 4.39 Å². The summed E-state index contributed by atoms with van der Waals surface area (Å²) >= 11 is 0. The van der Waals surface area contributed by atoms with Gasteiger partial charge in [0.2, 0.25) is 0 Å². The molecule has 1 heterocycles. The van der Waals surface area contributed by atoms with Crippen LogP contribution in [0.1, 0.15) is 10.5 Å². The van der Waals surface area contributed by atoms with E-state index in [4.69, 9.17) is 0 Å². The molecule has 0 aliphatic rings. The summed E-state index contributed by atoms with van der Waals surface area (Å²) in [6.07, 6.45) is 0.762. The van der Waals surface area contributed by atoms with Gasteiger partial charge in [0.1, 0.15) is 5.82 Å². The number of nitrogens with zero attached hydrogens (tertiary/aromatic N) is 1. The smallest absolute Gasteiger partial charge is 0.166 e. The first-order chi connectivity index (χ1) is 6.22. The summed E-state index contributed by atoms with van der Waals surface area (Å²) in [6, 6.07) is 6.14. The molecule has 1 aromatic carbocycles. The molecular weight excluding hydrogens is 169 g/mol. The Kier molecular flexibility index (Phi) is 1.65. The summed E-state index contributed by atoms with van der Waals surface area (Å²) < 4.78 is 14.5. The molecule has 0 saturated carbocycles. The number of aldehydes is 1. The van der Waals surface area contributed by atoms with Crippen molar-refractivity contribution in [2.75, 3.05) is 0 Å². The van der Waals surface area contributed by atoms with E-state index in [9.17, 15) is 9.18 Å². The van der Waals surface area contributed by atoms with E-state index in [2.05, 4.69) is 0 Å². The second kappa shape index (κ2) is 2.69. The molecule has 0 radical (unpaired) electrons. The zero-order valence-corrected chi connectivity index (χ0v) is 7.12. The molecule has 2 nitrogen and oxygen atoms in total. The molecule has 0 fully saturated rings. The minimum absolute atomic E-state index is 0.282. The Morgan fingerprint density at radius 1 is 1.38 bits per heavy atom. The molecule has 0 amide bonds. The summed E-state index contributed by atoms with van der Waals surface area (Å²) in [5, 5.41) is 0.754. The largest absolute Gasteiger partial charge is 0.341 e. The molecule has 0 bridgehead atoms. The molecule has 2 aromatic rings. The van der Waals surface area contributed by atoms with Gasteiger partial charge in [-0.3, -0.25) is 4.79 Å². The Hall–Kier alpha value is -1.64. The Morgan fingerprint density at radius 2 is 2.15 bits per heavy atom. The van der Waals surface area contributed by atoms with Crippen LogP contribution in [0.4, 0.5) is 4.39 Å². The van der Waals surface area contributed by atoms with E-state index < -0.39 is 0 Å². The van der Waals surface area contributed by atoms with Crippen LogP contribution in [0.15, 0.2) is 24.3 Å². The number of aromatic nitrogens is 1. The van der Waals surface area contributed by atoms with Gasteiger partial charge in [0.15, 0.2) is 6.29 Å². The minimum atomic E-state index is -0.282. The predicted molar refractivity (Wildman–Crippen MR) is 48.3 cm³/mol. The average Bonchev–Trinajstić information content (AvgIpc) is 2.42. The van der Waals surface area contributed by atoms with Gasteiger partial charge in [0.05, 0.1) is 5.69 Å². The first kappa shape index (κ1) is 7.98. The number of carbonyl (C=O) groups excluding carboxylic acids is 1. The molecule has 0 aliphatic heterocycles. The highest BCUT2D eigenvalue weighted by atomic mass is 19.1. The maximum absolute atomic E-state index is 12.8. The Bertz CT molecular complexity index is 473. The van der Waals surface area contributed by atoms with Gasteiger partial charge in [-0.2, -0.15) is 0 Å². The van der Waals surface area contributed by atoms with Crippen molar-refractivity contribution in [2.24, 2.45) is 7.05 Å². The van der Waals surface area contributed by atoms with Gasteiger partial charge in [0, 0.05) is 18.0 Å². The van der Waals surface area contributed by atoms with Gasteiger partial charge in [-0.15, -0.1) is 0 Å². The molecule has 66 valence electrons. The molecule has 0 saturated heterocycles. The molecule has 0 N–H and O–H groups in total. The summed E-state index contributed by atoms with van der Waals surface area (Å²) in [7, 11) is 1.78. The van der Waals surface area contributed by atoms with Crippen LogP contribution in [0.2, 0.25) is 0 Å². The predicted octanol–water partition coefficient (Wildman–Crippen LogP) is 2.13. The molecular formula is C10H8FNO. The molecule has 0 aliphatic carbocycles. The van der Waals surface area contributed by atoms with E-state index in [1.54, 1.807) is 23.7 Å². The molecule has 0 atom stereocenters. The van der Waals surface area contributed by atoms with Crippen LogP contribution in [0, 0.1) is 5.82 Å². The van der Waals surface area contributed by atoms with Crippen LogP contribution < -0.4 is 0 Å². The van der Waals surface area contributed by atoms with Crippen LogP contribution in [0.3, 0.4) is 0 Å². The minimum Gasteiger partial charge on any atom is -0.341 e. The summed E-state index contributed by atoms with van der Waals surface area (Å²) in [4.78, 5) is 10.6. The number of hydrogen-bond acceptors (Lipinski definition) is 1. The number of benzene rings is 1. The van der Waals surface area contributed by atoms with Crippen LogP contribution in [0.5, 0.6) is 0 Å². The van der Waals surface area contributed by atoms with Gasteiger partial charge < -0.3 is 4.57 Å². The second-order valence-electron chi connectivity index (χ2n) is 2.95. The highest BCUT2D eigenvalue weighted by molar-refractivity contribution is 5.88. The molecule has 13 heavy (non-hydrogen) atoms. The van der Waals surface area contributed by atoms with Gasteiger partial charge >= 0.3 is 0 Å². The van der Waals surface area contributed by atoms with E-state index in [0.717, 1.165) is 17.2 Å². The van der Waals surface area contributed by atoms with Gasteiger partial charge in [-0.05, 0) is 24.3 Å². The lowest BCUT2D eigenvalue weighted by atomic mass is 10.2. The molecule has 3 heteroatoms. The SMILES string of the molecule is Cn1c(C=O)cc2cc(F)ccc21. The van der Waals surface area contributed by atoms with Gasteiger partial charge in [0.25, 0.3) is 0 Å². The first-order valence-electron chi connectivity index (χ1n) is 3.92. The highest BCUT2D eigenvalue weighted by Gasteiger charge is 2.04. The zero-order valence-electron chi connectivity index (χ0n) is 7.12. The van der Waals surface area contributed by atoms with Crippen molar-refractivity contribution < 1.29 is 9.18 Å². The summed E-state index contributed by atoms with van der Waals surface area (Å²) in [5.74, 6) is -0.282. The van der Waals surface area contributed by atoms with E-state index >= 15 is 0 Å². The normalized spacial score (nSPS) is 10.6. The topological polar surface area (TPSA) is 22.0 Å². The van der Waals surface area contributed by atoms with E-state index in [0.29, 0.717) is 5.69 Å². The van der Waals surface area contributed by atoms with Crippen molar-refractivity contribution in [1.29, 1.82) is 0 Å². The average molecular weight is 177 g/mol. The number of fused-ring (bicyclic) bond motifs is 1. The fourth-order valence-electron chi connectivity index (χ4n) is 1.45. The lowest BCUT2D eigenvalue weighted by Gasteiger charge is -1.96. The second-order valence-corrected chi connectivity index (χ2v) is 2.95. The van der Waals surface area contributed by atoms with Crippen molar-refractivity contribution in [1.82, 2.24) is 4.57 Å². The number of aryl methyl sites for hydroxylation is 1. The monoisotopic (exact) mass is 177 g/mol. The fourth-order valence-corrected chi connectivity index (χ4v) is 1.45. The van der Waals surface area contributed by atoms with Crippen LogP contribution in [-0.2, 0) is 7.05 Å². The summed E-state index contributed by atoms with van der Waals surface area (Å²) in [5.41, 5.74) is 1.42. The Morgan fingerprint density at radius 3 is 2.85 bits per heavy atom. The Labute approximate surface area is 74.6 Å². The quantitative estimate of drug-likeness (QED) is 0.611. The lowest BCUT2D eigenvalue weighted by molar-refractivity contribution is 0.111. The molecule has 0 spiro atoms. The number of halogens is 1. The highest BCUT2D eigenvalue weighted by Crippen LogP contribution is 2.18. The zero-order chi connectivity index (χ0) is 9.42. The maximum atomic E-state index is 12.8. The van der Waals surface area contributed by atoms with Gasteiger partial charge in [-0.1, -0.05) is 0 Å². The number of carbonyl (C=O) groups is 1. The van der Waals surface area contributed by atoms with Crippen LogP contribution >= 0.6 is 0 Å². The van der Waals surface area contributed by atoms with Crippen molar-refractivity contribution in [3.63, 3.8) is 0 Å². The van der Waals surface area contributed by atoms with Crippen molar-refractivity contribution in [2.45, 2.75) is 0 Å². The van der Waals surface area contributed by atoms with Crippen LogP contribution in [-0.4, -0.2) is 10.9 Å². The van der Waals surface area contributed by atoms with E-state index in [-0.39, 0.29) is 5.82 Å². The van der Waals surface area contributed by atoms with Crippen LogP contribution in [0.25, 0.3) is 10.9 Å². The molecule has 0 unspecified atom stereocenters. The van der Waals surface area contributed by atoms with Crippen molar-refractivity contribution in [3.8, 4) is 0 Å². The van der Waals surface area contributed by atoms with Crippen molar-refractivity contribution in [3.05, 3.63) is 35.8 Å². The molecule has 1 aromatic heterocycles. The third-order valence-electron chi connectivity index (χ3n) is 2.16. The third-order valence-corrected chi connectivity index (χ3v) is 2.16. The number of rotatable bonds is 1.